The van der Waals surface area contributed by atoms with Crippen LogP contribution in [0.5, 0.6) is 11.5 Å². The zero-order valence-corrected chi connectivity index (χ0v) is 40.7. The first-order valence-electron chi connectivity index (χ1n) is 22.1. The Morgan fingerprint density at radius 3 is 2.21 bits per heavy atom. The number of nitrogens with zero attached hydrogens (tertiary/aromatic N) is 3. The molecule has 0 bridgehead atoms. The molecule has 0 saturated heterocycles. The van der Waals surface area contributed by atoms with Gasteiger partial charge in [0.25, 0.3) is 0 Å². The summed E-state index contributed by atoms with van der Waals surface area (Å²) in [5.41, 5.74) is 16.0. The molecule has 0 radical (unpaired) electrons. The van der Waals surface area contributed by atoms with E-state index in [1.807, 2.05) is 12.3 Å². The molecule has 5 aromatic carbocycles. The van der Waals surface area contributed by atoms with Crippen LogP contribution in [0.1, 0.15) is 144 Å². The van der Waals surface area contributed by atoms with E-state index in [0.29, 0.717) is 29.2 Å². The number of pyridine rings is 1. The van der Waals surface area contributed by atoms with Crippen LogP contribution in [0.4, 0.5) is 0 Å². The zero-order valence-electron chi connectivity index (χ0n) is 38.4. The molecular weight excluding hydrogens is 942 g/mol. The third-order valence-corrected chi connectivity index (χ3v) is 14.2. The summed E-state index contributed by atoms with van der Waals surface area (Å²) in [6.07, 6.45) is 2.69. The summed E-state index contributed by atoms with van der Waals surface area (Å²) in [7, 11) is 0. The summed E-state index contributed by atoms with van der Waals surface area (Å²) in [6.45, 7) is 29.4. The van der Waals surface area contributed by atoms with E-state index in [9.17, 15) is 0 Å². The van der Waals surface area contributed by atoms with Crippen LogP contribution in [-0.4, -0.2) is 21.0 Å². The topological polar surface area (TPSA) is 48.6 Å². The Kier molecular flexibility index (Phi) is 9.73. The van der Waals surface area contributed by atoms with E-state index < -0.39 is 11.1 Å². The Morgan fingerprint density at radius 1 is 0.790 bits per heavy atom. The molecule has 0 amide bonds. The number of hydrogen-bond acceptors (Lipinski definition) is 4. The van der Waals surface area contributed by atoms with Gasteiger partial charge < -0.3 is 14.0 Å². The molecule has 3 aliphatic rings. The van der Waals surface area contributed by atoms with Gasteiger partial charge in [0.05, 0.1) is 5.52 Å². The SMILES string of the molecule is Cc1ccc2c(c1)C[C@]1(C)OC(c3[c-]c(Oc4[c-]c5c(cc4C)C(C)(C)c4cc(C(C)(C)C)cc6c7cccnc7n-5c46)cc(-c4c(C(C)C)cccc4C(C)C)c3)=N[C@]21C.[Pt+2]. The second-order valence-corrected chi connectivity index (χ2v) is 20.6. The molecule has 6 heteroatoms. The van der Waals surface area contributed by atoms with Crippen molar-refractivity contribution in [3.8, 4) is 28.3 Å². The maximum absolute atomic E-state index is 7.10. The number of ether oxygens (including phenoxy) is 2. The van der Waals surface area contributed by atoms with Crippen LogP contribution in [0.25, 0.3) is 38.8 Å². The first kappa shape index (κ1) is 42.3. The van der Waals surface area contributed by atoms with Gasteiger partial charge in [0.15, 0.2) is 0 Å². The second kappa shape index (κ2) is 14.3. The smallest absolute Gasteiger partial charge is 0.511 e. The number of aromatic nitrogens is 2. The molecule has 2 atom stereocenters. The van der Waals surface area contributed by atoms with Gasteiger partial charge >= 0.3 is 21.1 Å². The van der Waals surface area contributed by atoms with Gasteiger partial charge in [-0.05, 0) is 101 Å². The van der Waals surface area contributed by atoms with Crippen molar-refractivity contribution in [1.29, 1.82) is 0 Å². The summed E-state index contributed by atoms with van der Waals surface area (Å²) in [5, 5.41) is 2.36. The molecule has 62 heavy (non-hydrogen) atoms. The van der Waals surface area contributed by atoms with E-state index >= 15 is 0 Å². The molecule has 0 N–H and O–H groups in total. The molecule has 0 unspecified atom stereocenters. The molecule has 2 aliphatic heterocycles. The fraction of sp³-hybridized carbons (Fsp3) is 0.357. The van der Waals surface area contributed by atoms with E-state index in [-0.39, 0.29) is 31.9 Å². The maximum atomic E-state index is 7.10. The Bertz CT molecular complexity index is 3010. The van der Waals surface area contributed by atoms with Crippen LogP contribution < -0.4 is 4.74 Å². The number of benzene rings is 5. The summed E-state index contributed by atoms with van der Waals surface area (Å²) < 4.78 is 16.4. The van der Waals surface area contributed by atoms with Crippen molar-refractivity contribution in [3.05, 3.63) is 153 Å². The van der Waals surface area contributed by atoms with Gasteiger partial charge in [0, 0.05) is 34.9 Å². The Morgan fingerprint density at radius 2 is 1.52 bits per heavy atom. The molecule has 4 heterocycles. The van der Waals surface area contributed by atoms with Gasteiger partial charge in [0.2, 0.25) is 0 Å². The average Bonchev–Trinajstić information content (AvgIpc) is 3.75. The summed E-state index contributed by atoms with van der Waals surface area (Å²) in [6, 6.07) is 36.7. The number of hydrogen-bond donors (Lipinski definition) is 0. The third kappa shape index (κ3) is 6.19. The van der Waals surface area contributed by atoms with E-state index in [4.69, 9.17) is 19.5 Å². The van der Waals surface area contributed by atoms with Crippen molar-refractivity contribution in [2.24, 2.45) is 4.99 Å². The van der Waals surface area contributed by atoms with Crippen LogP contribution in [0, 0.1) is 26.0 Å². The van der Waals surface area contributed by atoms with Gasteiger partial charge in [-0.25, -0.2) is 4.98 Å². The predicted octanol–water partition coefficient (Wildman–Crippen LogP) is 14.0. The second-order valence-electron chi connectivity index (χ2n) is 20.6. The van der Waals surface area contributed by atoms with E-state index in [2.05, 4.69) is 180 Å². The van der Waals surface area contributed by atoms with Crippen molar-refractivity contribution in [2.75, 3.05) is 0 Å². The minimum Gasteiger partial charge on any atom is -0.511 e. The van der Waals surface area contributed by atoms with Crippen molar-refractivity contribution in [2.45, 2.75) is 130 Å². The molecule has 7 aromatic rings. The first-order valence-corrected chi connectivity index (χ1v) is 22.1. The minimum absolute atomic E-state index is 0. The average molecular weight is 999 g/mol. The molecule has 2 aromatic heterocycles. The first-order chi connectivity index (χ1) is 28.8. The maximum Gasteiger partial charge on any atom is 2.00 e. The van der Waals surface area contributed by atoms with Gasteiger partial charge in [-0.15, -0.1) is 23.3 Å². The molecule has 318 valence electrons. The molecular formula is C56H57N3O2Pt. The molecule has 10 rings (SSSR count). The number of aliphatic imine (C=N–C) groups is 1. The fourth-order valence-electron chi connectivity index (χ4n) is 10.5. The molecule has 0 spiro atoms. The molecule has 1 aliphatic carbocycles. The summed E-state index contributed by atoms with van der Waals surface area (Å²) >= 11 is 0. The normalized spacial score (nSPS) is 19.6. The quantitative estimate of drug-likeness (QED) is 0.156. The van der Waals surface area contributed by atoms with E-state index in [0.717, 1.165) is 39.8 Å². The number of rotatable bonds is 6. The Balaban J connectivity index is 0.00000490. The minimum atomic E-state index is -0.534. The van der Waals surface area contributed by atoms with Crippen molar-refractivity contribution in [3.63, 3.8) is 0 Å². The monoisotopic (exact) mass is 998 g/mol. The van der Waals surface area contributed by atoms with Crippen LogP contribution >= 0.6 is 0 Å². The summed E-state index contributed by atoms with van der Waals surface area (Å²) in [5.74, 6) is 2.48. The Labute approximate surface area is 382 Å². The largest absolute Gasteiger partial charge is 2.00 e. The molecule has 0 saturated carbocycles. The van der Waals surface area contributed by atoms with Gasteiger partial charge in [-0.1, -0.05) is 146 Å². The van der Waals surface area contributed by atoms with E-state index in [1.54, 1.807) is 0 Å². The van der Waals surface area contributed by atoms with Crippen molar-refractivity contribution >= 4 is 27.8 Å². The standard InChI is InChI=1S/C56H57N3O2.Pt/c1-31(2)40-16-14-17-41(32(3)4)49(40)35-24-36(52-58-56(13)44-20-19-33(5)22-37(44)30-55(56,12)61-52)26-39(25-35)60-48-29-47-45(23-34(48)6)54(10,11)46-28-38(53(7,8)9)27-43-42-18-15-21-57-51(42)59(47)50(43)46;/h14-25,27-28,31-32H,30H2,1-13H3;/q-2;+2/t55-,56+;/m0./s1. The van der Waals surface area contributed by atoms with Crippen molar-refractivity contribution < 1.29 is 30.5 Å². The van der Waals surface area contributed by atoms with E-state index in [1.165, 1.54) is 61.0 Å². The third-order valence-electron chi connectivity index (χ3n) is 14.2. The number of fused-ring (bicyclic) bond motifs is 8. The van der Waals surface area contributed by atoms with Crippen LogP contribution in [0.2, 0.25) is 0 Å². The molecule has 5 nitrogen and oxygen atoms in total. The Hall–Kier alpha value is -4.99. The van der Waals surface area contributed by atoms with Crippen LogP contribution in [0.3, 0.4) is 0 Å². The molecule has 0 fully saturated rings. The van der Waals surface area contributed by atoms with Crippen LogP contribution in [0.15, 0.2) is 90.1 Å². The summed E-state index contributed by atoms with van der Waals surface area (Å²) in [4.78, 5) is 10.5. The van der Waals surface area contributed by atoms with Gasteiger partial charge in [-0.2, -0.15) is 6.07 Å². The zero-order chi connectivity index (χ0) is 43.1. The fourth-order valence-corrected chi connectivity index (χ4v) is 10.5. The predicted molar refractivity (Wildman–Crippen MR) is 250 cm³/mol. The van der Waals surface area contributed by atoms with Gasteiger partial charge in [-0.3, -0.25) is 4.99 Å². The van der Waals surface area contributed by atoms with Crippen molar-refractivity contribution in [1.82, 2.24) is 9.55 Å². The van der Waals surface area contributed by atoms with Gasteiger partial charge in [0.1, 0.15) is 22.7 Å². The van der Waals surface area contributed by atoms with Crippen LogP contribution in [-0.2, 0) is 48.6 Å². The number of aryl methyl sites for hydroxylation is 2.